The molecular formula is C23H20F3N3O3. The summed E-state index contributed by atoms with van der Waals surface area (Å²) in [6, 6.07) is 8.71. The van der Waals surface area contributed by atoms with E-state index in [0.717, 1.165) is 25.0 Å². The molecule has 2 aliphatic heterocycles. The van der Waals surface area contributed by atoms with Gasteiger partial charge >= 0.3 is 6.18 Å². The van der Waals surface area contributed by atoms with Crippen molar-refractivity contribution < 1.29 is 27.6 Å². The van der Waals surface area contributed by atoms with Crippen LogP contribution in [0.1, 0.15) is 28.8 Å². The summed E-state index contributed by atoms with van der Waals surface area (Å²) >= 11 is 0. The van der Waals surface area contributed by atoms with Gasteiger partial charge in [-0.05, 0) is 48.2 Å². The fourth-order valence-electron chi connectivity index (χ4n) is 4.29. The third-order valence-electron chi connectivity index (χ3n) is 6.21. The van der Waals surface area contributed by atoms with Crippen molar-refractivity contribution in [2.45, 2.75) is 25.1 Å². The summed E-state index contributed by atoms with van der Waals surface area (Å²) in [4.78, 5) is 41.7. The van der Waals surface area contributed by atoms with Gasteiger partial charge in [-0.25, -0.2) is 0 Å². The number of hydrogen-bond acceptors (Lipinski definition) is 3. The molecule has 2 aromatic rings. The second kappa shape index (κ2) is 7.36. The predicted molar refractivity (Wildman–Crippen MR) is 110 cm³/mol. The molecule has 6 nitrogen and oxygen atoms in total. The molecule has 3 amide bonds. The molecule has 1 aliphatic carbocycles. The fraction of sp³-hybridized carbons (Fsp3) is 0.348. The zero-order chi connectivity index (χ0) is 22.6. The van der Waals surface area contributed by atoms with Gasteiger partial charge in [-0.2, -0.15) is 13.2 Å². The molecular weight excluding hydrogens is 423 g/mol. The zero-order valence-electron chi connectivity index (χ0n) is 17.0. The van der Waals surface area contributed by atoms with Crippen LogP contribution in [-0.4, -0.2) is 53.2 Å². The van der Waals surface area contributed by atoms with E-state index in [4.69, 9.17) is 0 Å². The summed E-state index contributed by atoms with van der Waals surface area (Å²) < 4.78 is 39.3. The van der Waals surface area contributed by atoms with E-state index in [0.29, 0.717) is 23.4 Å². The van der Waals surface area contributed by atoms with Crippen molar-refractivity contribution >= 4 is 23.4 Å². The van der Waals surface area contributed by atoms with Crippen molar-refractivity contribution in [3.63, 3.8) is 0 Å². The van der Waals surface area contributed by atoms with E-state index in [1.54, 1.807) is 17.0 Å². The average molecular weight is 443 g/mol. The number of carbonyl (C=O) groups excluding carboxylic acids is 3. The number of alkyl halides is 3. The van der Waals surface area contributed by atoms with Gasteiger partial charge in [0.25, 0.3) is 5.91 Å². The van der Waals surface area contributed by atoms with Gasteiger partial charge in [-0.15, -0.1) is 0 Å². The van der Waals surface area contributed by atoms with E-state index in [1.165, 1.54) is 23.1 Å². The minimum atomic E-state index is -4.48. The number of carbonyl (C=O) groups is 3. The van der Waals surface area contributed by atoms with E-state index >= 15 is 0 Å². The Kier molecular flexibility index (Phi) is 4.72. The van der Waals surface area contributed by atoms with Crippen LogP contribution in [0.5, 0.6) is 0 Å². The highest BCUT2D eigenvalue weighted by Crippen LogP contribution is 2.35. The lowest BCUT2D eigenvalue weighted by molar-refractivity contribution is -0.138. The molecule has 0 radical (unpaired) electrons. The molecule has 9 heteroatoms. The number of amides is 3. The Morgan fingerprint density at radius 2 is 1.75 bits per heavy atom. The van der Waals surface area contributed by atoms with Crippen LogP contribution in [0.25, 0.3) is 11.1 Å². The maximum absolute atomic E-state index is 13.3. The van der Waals surface area contributed by atoms with Crippen LogP contribution >= 0.6 is 0 Å². The van der Waals surface area contributed by atoms with Crippen LogP contribution in [0.4, 0.5) is 18.9 Å². The first kappa shape index (κ1) is 20.5. The van der Waals surface area contributed by atoms with Crippen LogP contribution in [0, 0.1) is 5.92 Å². The highest BCUT2D eigenvalue weighted by molar-refractivity contribution is 6.10. The molecule has 2 fully saturated rings. The maximum Gasteiger partial charge on any atom is 0.416 e. The molecule has 0 spiro atoms. The molecule has 166 valence electrons. The third-order valence-corrected chi connectivity index (χ3v) is 6.21. The number of halogens is 3. The van der Waals surface area contributed by atoms with Crippen molar-refractivity contribution in [2.24, 2.45) is 5.92 Å². The lowest BCUT2D eigenvalue weighted by Gasteiger charge is -2.39. The Bertz CT molecular complexity index is 1130. The van der Waals surface area contributed by atoms with Crippen molar-refractivity contribution in [3.8, 4) is 11.1 Å². The molecule has 32 heavy (non-hydrogen) atoms. The van der Waals surface area contributed by atoms with Crippen LogP contribution in [0.15, 0.2) is 42.5 Å². The SMILES string of the molecule is O=C1Nc2ccc(-c3cccc(C(F)(F)F)c3)cc2C(=O)N2CCN(C(=O)C3CC3)C[C@H]12. The smallest absolute Gasteiger partial charge is 0.338 e. The van der Waals surface area contributed by atoms with Crippen molar-refractivity contribution in [1.82, 2.24) is 9.80 Å². The fourth-order valence-corrected chi connectivity index (χ4v) is 4.29. The minimum absolute atomic E-state index is 0.0262. The molecule has 1 N–H and O–H groups in total. The Hall–Kier alpha value is -3.36. The Labute approximate surface area is 182 Å². The topological polar surface area (TPSA) is 69.7 Å². The van der Waals surface area contributed by atoms with Gasteiger partial charge in [0.1, 0.15) is 6.04 Å². The summed E-state index contributed by atoms with van der Waals surface area (Å²) in [5, 5.41) is 2.75. The van der Waals surface area contributed by atoms with Gasteiger partial charge in [0.15, 0.2) is 0 Å². The number of nitrogens with one attached hydrogen (secondary N) is 1. The second-order valence-electron chi connectivity index (χ2n) is 8.40. The second-order valence-corrected chi connectivity index (χ2v) is 8.40. The number of nitrogens with zero attached hydrogens (tertiary/aromatic N) is 2. The minimum Gasteiger partial charge on any atom is -0.338 e. The first-order valence-electron chi connectivity index (χ1n) is 10.4. The summed E-state index contributed by atoms with van der Waals surface area (Å²) in [6.07, 6.45) is -2.76. The first-order chi connectivity index (χ1) is 15.2. The van der Waals surface area contributed by atoms with Gasteiger partial charge in [-0.3, -0.25) is 14.4 Å². The van der Waals surface area contributed by atoms with Gasteiger partial charge in [0, 0.05) is 19.0 Å². The Morgan fingerprint density at radius 1 is 1.00 bits per heavy atom. The number of piperazine rings is 1. The number of fused-ring (bicyclic) bond motifs is 2. The maximum atomic E-state index is 13.3. The van der Waals surface area contributed by atoms with Crippen LogP contribution in [0.3, 0.4) is 0 Å². The lowest BCUT2D eigenvalue weighted by Crippen LogP contribution is -2.59. The summed E-state index contributed by atoms with van der Waals surface area (Å²) in [5.74, 6) is -0.704. The van der Waals surface area contributed by atoms with E-state index in [1.807, 2.05) is 0 Å². The normalized spacial score (nSPS) is 20.9. The average Bonchev–Trinajstić information content (AvgIpc) is 3.63. The quantitative estimate of drug-likeness (QED) is 0.774. The molecule has 1 saturated heterocycles. The molecule has 1 atom stereocenters. The highest BCUT2D eigenvalue weighted by atomic mass is 19.4. The number of anilines is 1. The van der Waals surface area contributed by atoms with E-state index in [-0.39, 0.29) is 42.3 Å². The van der Waals surface area contributed by atoms with Crippen LogP contribution < -0.4 is 5.32 Å². The van der Waals surface area contributed by atoms with Crippen LogP contribution in [0.2, 0.25) is 0 Å². The Morgan fingerprint density at radius 3 is 2.47 bits per heavy atom. The van der Waals surface area contributed by atoms with E-state index < -0.39 is 17.8 Å². The van der Waals surface area contributed by atoms with E-state index in [2.05, 4.69) is 5.32 Å². The molecule has 0 unspecified atom stereocenters. The molecule has 0 aromatic heterocycles. The van der Waals surface area contributed by atoms with Crippen LogP contribution in [-0.2, 0) is 15.8 Å². The van der Waals surface area contributed by atoms with Gasteiger partial charge < -0.3 is 15.1 Å². The molecule has 1 saturated carbocycles. The van der Waals surface area contributed by atoms with Crippen molar-refractivity contribution in [3.05, 3.63) is 53.6 Å². The predicted octanol–water partition coefficient (Wildman–Crippen LogP) is 3.39. The third kappa shape index (κ3) is 3.61. The summed E-state index contributed by atoms with van der Waals surface area (Å²) in [6.45, 7) is 0.720. The lowest BCUT2D eigenvalue weighted by atomic mass is 9.99. The number of benzene rings is 2. The standard InChI is InChI=1S/C23H20F3N3O3/c24-23(25,26)16-3-1-2-14(10-16)15-6-7-18-17(11-15)22(32)29-9-8-28(21(31)13-4-5-13)12-19(29)20(30)27-18/h1-3,6-7,10-11,13,19H,4-5,8-9,12H2,(H,27,30)/t19-/m1/s1. The largest absolute Gasteiger partial charge is 0.416 e. The van der Waals surface area contributed by atoms with Crippen molar-refractivity contribution in [1.29, 1.82) is 0 Å². The summed E-state index contributed by atoms with van der Waals surface area (Å²) in [7, 11) is 0. The molecule has 3 aliphatic rings. The number of rotatable bonds is 2. The highest BCUT2D eigenvalue weighted by Gasteiger charge is 2.43. The van der Waals surface area contributed by atoms with Gasteiger partial charge in [-0.1, -0.05) is 18.2 Å². The monoisotopic (exact) mass is 443 g/mol. The van der Waals surface area contributed by atoms with Gasteiger partial charge in [0.2, 0.25) is 11.8 Å². The molecule has 2 heterocycles. The summed E-state index contributed by atoms with van der Waals surface area (Å²) in [5.41, 5.74) is 0.518. The number of hydrogen-bond donors (Lipinski definition) is 1. The first-order valence-corrected chi connectivity index (χ1v) is 10.4. The van der Waals surface area contributed by atoms with E-state index in [9.17, 15) is 27.6 Å². The Balaban J connectivity index is 1.46. The van der Waals surface area contributed by atoms with Gasteiger partial charge in [0.05, 0.1) is 23.4 Å². The molecule has 2 aromatic carbocycles. The molecule has 5 rings (SSSR count). The molecule has 0 bridgehead atoms. The zero-order valence-corrected chi connectivity index (χ0v) is 17.0. The van der Waals surface area contributed by atoms with Crippen molar-refractivity contribution in [2.75, 3.05) is 25.0 Å².